The molecular formula is C10H18O. The van der Waals surface area contributed by atoms with Crippen LogP contribution in [0.25, 0.3) is 0 Å². The van der Waals surface area contributed by atoms with Crippen molar-refractivity contribution in [2.45, 2.75) is 45.1 Å². The summed E-state index contributed by atoms with van der Waals surface area (Å²) in [7, 11) is 0. The Morgan fingerprint density at radius 3 is 2.73 bits per heavy atom. The van der Waals surface area contributed by atoms with Crippen molar-refractivity contribution in [3.05, 3.63) is 12.2 Å². The molecule has 1 heterocycles. The Bertz CT molecular complexity index is 134. The van der Waals surface area contributed by atoms with Crippen LogP contribution in [0.2, 0.25) is 0 Å². The van der Waals surface area contributed by atoms with Crippen molar-refractivity contribution in [3.8, 4) is 0 Å². The van der Waals surface area contributed by atoms with E-state index in [1.54, 1.807) is 0 Å². The molecule has 0 saturated carbocycles. The Morgan fingerprint density at radius 2 is 2.18 bits per heavy atom. The molecule has 1 rings (SSSR count). The van der Waals surface area contributed by atoms with Crippen LogP contribution in [0.15, 0.2) is 12.2 Å². The second kappa shape index (κ2) is 3.91. The highest BCUT2D eigenvalue weighted by Crippen LogP contribution is 2.27. The van der Waals surface area contributed by atoms with Gasteiger partial charge in [0.05, 0.1) is 6.61 Å². The number of epoxide rings is 1. The van der Waals surface area contributed by atoms with Crippen LogP contribution in [0.5, 0.6) is 0 Å². The van der Waals surface area contributed by atoms with E-state index >= 15 is 0 Å². The molecule has 0 spiro atoms. The monoisotopic (exact) mass is 154 g/mol. The lowest BCUT2D eigenvalue weighted by Crippen LogP contribution is -1.96. The Kier molecular flexibility index (Phi) is 3.13. The number of hydrogen-bond donors (Lipinski definition) is 0. The summed E-state index contributed by atoms with van der Waals surface area (Å²) in [6.07, 6.45) is 9.64. The molecule has 0 amide bonds. The lowest BCUT2D eigenvalue weighted by molar-refractivity contribution is 0.369. The van der Waals surface area contributed by atoms with Gasteiger partial charge in [0.25, 0.3) is 0 Å². The smallest absolute Gasteiger partial charge is 0.107 e. The second-order valence-corrected chi connectivity index (χ2v) is 3.50. The van der Waals surface area contributed by atoms with E-state index in [1.807, 2.05) is 0 Å². The molecule has 0 aromatic rings. The van der Waals surface area contributed by atoms with Crippen LogP contribution < -0.4 is 0 Å². The predicted molar refractivity (Wildman–Crippen MR) is 47.6 cm³/mol. The summed E-state index contributed by atoms with van der Waals surface area (Å²) in [5.41, 5.74) is 0.117. The molecule has 0 radical (unpaired) electrons. The van der Waals surface area contributed by atoms with Crippen molar-refractivity contribution in [1.29, 1.82) is 0 Å². The molecule has 11 heavy (non-hydrogen) atoms. The van der Waals surface area contributed by atoms with Crippen LogP contribution in [-0.4, -0.2) is 12.2 Å². The van der Waals surface area contributed by atoms with Crippen molar-refractivity contribution in [2.75, 3.05) is 6.61 Å². The van der Waals surface area contributed by atoms with Gasteiger partial charge < -0.3 is 4.74 Å². The summed E-state index contributed by atoms with van der Waals surface area (Å²) in [4.78, 5) is 0. The van der Waals surface area contributed by atoms with Crippen LogP contribution in [-0.2, 0) is 4.74 Å². The minimum atomic E-state index is 0.117. The van der Waals surface area contributed by atoms with Crippen LogP contribution in [0.1, 0.15) is 39.5 Å². The largest absolute Gasteiger partial charge is 0.365 e. The average molecular weight is 154 g/mol. The highest BCUT2D eigenvalue weighted by molar-refractivity contribution is 5.06. The Hall–Kier alpha value is -0.300. The molecular weight excluding hydrogens is 136 g/mol. The van der Waals surface area contributed by atoms with E-state index in [1.165, 1.54) is 25.7 Å². The number of rotatable bonds is 5. The van der Waals surface area contributed by atoms with E-state index in [9.17, 15) is 0 Å². The highest BCUT2D eigenvalue weighted by atomic mass is 16.6. The highest BCUT2D eigenvalue weighted by Gasteiger charge is 2.35. The van der Waals surface area contributed by atoms with E-state index in [0.717, 1.165) is 6.61 Å². The second-order valence-electron chi connectivity index (χ2n) is 3.50. The lowest BCUT2D eigenvalue weighted by atomic mass is 10.1. The number of hydrogen-bond acceptors (Lipinski definition) is 1. The summed E-state index contributed by atoms with van der Waals surface area (Å²) in [5, 5.41) is 0. The molecule has 1 aliphatic rings. The third-order valence-electron chi connectivity index (χ3n) is 2.04. The molecule has 1 aliphatic heterocycles. The van der Waals surface area contributed by atoms with Crippen molar-refractivity contribution in [1.82, 2.24) is 0 Å². The third kappa shape index (κ3) is 3.57. The molecule has 0 N–H and O–H groups in total. The predicted octanol–water partition coefficient (Wildman–Crippen LogP) is 2.91. The Morgan fingerprint density at radius 1 is 1.45 bits per heavy atom. The van der Waals surface area contributed by atoms with Gasteiger partial charge in [-0.3, -0.25) is 0 Å². The summed E-state index contributed by atoms with van der Waals surface area (Å²) >= 11 is 0. The summed E-state index contributed by atoms with van der Waals surface area (Å²) < 4.78 is 5.22. The van der Waals surface area contributed by atoms with E-state index in [0.29, 0.717) is 0 Å². The minimum absolute atomic E-state index is 0.117. The van der Waals surface area contributed by atoms with Crippen molar-refractivity contribution >= 4 is 0 Å². The van der Waals surface area contributed by atoms with Gasteiger partial charge in [-0.25, -0.2) is 0 Å². The molecule has 0 aromatic heterocycles. The van der Waals surface area contributed by atoms with Gasteiger partial charge in [0.2, 0.25) is 0 Å². The Labute approximate surface area is 69.4 Å². The lowest BCUT2D eigenvalue weighted by Gasteiger charge is -1.94. The van der Waals surface area contributed by atoms with Crippen molar-refractivity contribution < 1.29 is 4.74 Å². The number of unbranched alkanes of at least 4 members (excludes halogenated alkanes) is 3. The molecule has 1 saturated heterocycles. The van der Waals surface area contributed by atoms with Gasteiger partial charge in [-0.05, 0) is 19.8 Å². The molecule has 64 valence electrons. The first-order valence-corrected chi connectivity index (χ1v) is 4.58. The molecule has 1 nitrogen and oxygen atoms in total. The first-order valence-electron chi connectivity index (χ1n) is 4.58. The molecule has 1 heteroatoms. The first kappa shape index (κ1) is 8.79. The summed E-state index contributed by atoms with van der Waals surface area (Å²) in [5.74, 6) is 0. The fourth-order valence-electron chi connectivity index (χ4n) is 1.05. The standard InChI is InChI=1S/C10H18O/c1-3-4-5-6-7-8-10(2)9-11-10/h7-8H,3-6,9H2,1-2H3/b8-7+/t10-/m0/s1. The Balaban J connectivity index is 1.97. The fourth-order valence-corrected chi connectivity index (χ4v) is 1.05. The van der Waals surface area contributed by atoms with Gasteiger partial charge in [-0.15, -0.1) is 0 Å². The fraction of sp³-hybridized carbons (Fsp3) is 0.800. The van der Waals surface area contributed by atoms with Gasteiger partial charge in [-0.1, -0.05) is 31.9 Å². The molecule has 0 bridgehead atoms. The zero-order valence-corrected chi connectivity index (χ0v) is 7.60. The SMILES string of the molecule is CCCCC/C=C/[C@@]1(C)CO1. The van der Waals surface area contributed by atoms with Gasteiger partial charge in [-0.2, -0.15) is 0 Å². The maximum absolute atomic E-state index is 5.22. The average Bonchev–Trinajstić information content (AvgIpc) is 2.69. The van der Waals surface area contributed by atoms with E-state index in [4.69, 9.17) is 4.74 Å². The zero-order valence-electron chi connectivity index (χ0n) is 7.60. The minimum Gasteiger partial charge on any atom is -0.365 e. The quantitative estimate of drug-likeness (QED) is 0.337. The van der Waals surface area contributed by atoms with Crippen LogP contribution in [0.4, 0.5) is 0 Å². The maximum atomic E-state index is 5.22. The summed E-state index contributed by atoms with van der Waals surface area (Å²) in [6, 6.07) is 0. The van der Waals surface area contributed by atoms with E-state index in [2.05, 4.69) is 26.0 Å². The van der Waals surface area contributed by atoms with Crippen LogP contribution in [0, 0.1) is 0 Å². The normalized spacial score (nSPS) is 29.6. The number of allylic oxidation sites excluding steroid dienone is 1. The van der Waals surface area contributed by atoms with E-state index < -0.39 is 0 Å². The summed E-state index contributed by atoms with van der Waals surface area (Å²) in [6.45, 7) is 5.27. The van der Waals surface area contributed by atoms with Crippen LogP contribution >= 0.6 is 0 Å². The first-order chi connectivity index (χ1) is 5.27. The zero-order chi connectivity index (χ0) is 8.16. The molecule has 0 unspecified atom stereocenters. The van der Waals surface area contributed by atoms with E-state index in [-0.39, 0.29) is 5.60 Å². The van der Waals surface area contributed by atoms with Gasteiger partial charge in [0.1, 0.15) is 5.60 Å². The maximum Gasteiger partial charge on any atom is 0.107 e. The molecule has 0 aliphatic carbocycles. The van der Waals surface area contributed by atoms with Gasteiger partial charge in [0, 0.05) is 0 Å². The van der Waals surface area contributed by atoms with Crippen molar-refractivity contribution in [3.63, 3.8) is 0 Å². The van der Waals surface area contributed by atoms with Gasteiger partial charge in [0.15, 0.2) is 0 Å². The third-order valence-corrected chi connectivity index (χ3v) is 2.04. The number of ether oxygens (including phenoxy) is 1. The molecule has 1 atom stereocenters. The topological polar surface area (TPSA) is 12.5 Å². The van der Waals surface area contributed by atoms with Crippen LogP contribution in [0.3, 0.4) is 0 Å². The van der Waals surface area contributed by atoms with Crippen molar-refractivity contribution in [2.24, 2.45) is 0 Å². The molecule has 0 aromatic carbocycles. The van der Waals surface area contributed by atoms with Gasteiger partial charge >= 0.3 is 0 Å². The molecule has 1 fully saturated rings.